The Morgan fingerprint density at radius 1 is 1.35 bits per heavy atom. The first-order chi connectivity index (χ1) is 9.40. The number of hydrogen-bond acceptors (Lipinski definition) is 3. The van der Waals surface area contributed by atoms with Gasteiger partial charge in [-0.05, 0) is 24.8 Å². The lowest BCUT2D eigenvalue weighted by Crippen LogP contribution is -2.50. The fourth-order valence-corrected chi connectivity index (χ4v) is 2.49. The third kappa shape index (κ3) is 3.56. The van der Waals surface area contributed by atoms with Crippen molar-refractivity contribution in [2.75, 3.05) is 13.1 Å². The van der Waals surface area contributed by atoms with Gasteiger partial charge in [-0.2, -0.15) is 0 Å². The average molecular weight is 275 g/mol. The van der Waals surface area contributed by atoms with Crippen LogP contribution in [-0.4, -0.2) is 33.9 Å². The van der Waals surface area contributed by atoms with E-state index < -0.39 is 0 Å². The zero-order chi connectivity index (χ0) is 14.8. The van der Waals surface area contributed by atoms with E-state index in [1.54, 1.807) is 6.33 Å². The van der Waals surface area contributed by atoms with E-state index >= 15 is 0 Å². The zero-order valence-corrected chi connectivity index (χ0v) is 13.0. The molecular formula is C16H25N3O. The fourth-order valence-electron chi connectivity index (χ4n) is 2.49. The van der Waals surface area contributed by atoms with E-state index in [0.717, 1.165) is 37.3 Å². The minimum Gasteiger partial charge on any atom is -0.342 e. The molecule has 0 saturated carbocycles. The third-order valence-electron chi connectivity index (χ3n) is 3.76. The first kappa shape index (κ1) is 14.9. The number of hydrogen-bond donors (Lipinski definition) is 0. The molecule has 0 spiro atoms. The van der Waals surface area contributed by atoms with Gasteiger partial charge in [-0.3, -0.25) is 4.79 Å². The highest BCUT2D eigenvalue weighted by atomic mass is 16.2. The second-order valence-electron chi connectivity index (χ2n) is 6.76. The van der Waals surface area contributed by atoms with Gasteiger partial charge in [0, 0.05) is 36.3 Å². The van der Waals surface area contributed by atoms with Gasteiger partial charge in [-0.1, -0.05) is 27.7 Å². The van der Waals surface area contributed by atoms with Crippen molar-refractivity contribution < 1.29 is 4.79 Å². The van der Waals surface area contributed by atoms with Crippen molar-refractivity contribution >= 4 is 5.91 Å². The topological polar surface area (TPSA) is 46.1 Å². The summed E-state index contributed by atoms with van der Waals surface area (Å²) in [7, 11) is 0. The lowest BCUT2D eigenvalue weighted by Gasteiger charge is -2.39. The molecule has 1 saturated heterocycles. The van der Waals surface area contributed by atoms with E-state index in [4.69, 9.17) is 0 Å². The van der Waals surface area contributed by atoms with Gasteiger partial charge in [0.05, 0.1) is 0 Å². The summed E-state index contributed by atoms with van der Waals surface area (Å²) in [5.74, 6) is 0.848. The number of aromatic nitrogens is 2. The van der Waals surface area contributed by atoms with Crippen LogP contribution in [0.15, 0.2) is 12.4 Å². The van der Waals surface area contributed by atoms with Gasteiger partial charge in [0.1, 0.15) is 6.33 Å². The van der Waals surface area contributed by atoms with E-state index in [9.17, 15) is 4.79 Å². The van der Waals surface area contributed by atoms with E-state index in [2.05, 4.69) is 36.8 Å². The number of nitrogens with zero attached hydrogens (tertiary/aromatic N) is 3. The summed E-state index contributed by atoms with van der Waals surface area (Å²) in [6.07, 6.45) is 4.21. The highest BCUT2D eigenvalue weighted by Crippen LogP contribution is 2.23. The quantitative estimate of drug-likeness (QED) is 0.848. The summed E-state index contributed by atoms with van der Waals surface area (Å²) < 4.78 is 0. The summed E-state index contributed by atoms with van der Waals surface area (Å²) in [5, 5.41) is 0. The molecule has 0 bridgehead atoms. The minimum absolute atomic E-state index is 0.0560. The van der Waals surface area contributed by atoms with Crippen LogP contribution in [0.5, 0.6) is 0 Å². The maximum absolute atomic E-state index is 11.7. The van der Waals surface area contributed by atoms with Gasteiger partial charge in [0.25, 0.3) is 0 Å². The molecule has 0 aromatic carbocycles. The summed E-state index contributed by atoms with van der Waals surface area (Å²) in [5.41, 5.74) is 2.23. The largest absolute Gasteiger partial charge is 0.342 e. The molecule has 0 N–H and O–H groups in total. The van der Waals surface area contributed by atoms with Crippen molar-refractivity contribution in [2.24, 2.45) is 5.92 Å². The van der Waals surface area contributed by atoms with Crippen molar-refractivity contribution in [1.82, 2.24) is 14.9 Å². The molecule has 1 aliphatic heterocycles. The molecule has 0 atom stereocenters. The van der Waals surface area contributed by atoms with Crippen LogP contribution < -0.4 is 0 Å². The van der Waals surface area contributed by atoms with Crippen LogP contribution >= 0.6 is 0 Å². The molecule has 1 fully saturated rings. The summed E-state index contributed by atoms with van der Waals surface area (Å²) >= 11 is 0. The lowest BCUT2D eigenvalue weighted by atomic mass is 9.89. The lowest BCUT2D eigenvalue weighted by molar-refractivity contribution is -0.137. The van der Waals surface area contributed by atoms with Gasteiger partial charge >= 0.3 is 0 Å². The summed E-state index contributed by atoms with van der Waals surface area (Å²) in [6, 6.07) is 2.11. The normalized spacial score (nSPS) is 16.1. The average Bonchev–Trinajstić information content (AvgIpc) is 2.33. The van der Waals surface area contributed by atoms with Crippen molar-refractivity contribution in [3.63, 3.8) is 0 Å². The number of amides is 1. The fraction of sp³-hybridized carbons (Fsp3) is 0.688. The highest BCUT2D eigenvalue weighted by Gasteiger charge is 2.30. The van der Waals surface area contributed by atoms with Gasteiger partial charge in [0.15, 0.2) is 0 Å². The molecule has 0 radical (unpaired) electrons. The predicted molar refractivity (Wildman–Crippen MR) is 79.4 cm³/mol. The Morgan fingerprint density at radius 3 is 2.65 bits per heavy atom. The van der Waals surface area contributed by atoms with Crippen LogP contribution in [-0.2, 0) is 16.6 Å². The predicted octanol–water partition coefficient (Wildman–Crippen LogP) is 2.58. The molecule has 1 aromatic rings. The van der Waals surface area contributed by atoms with E-state index in [0.29, 0.717) is 18.2 Å². The van der Waals surface area contributed by atoms with E-state index in [-0.39, 0.29) is 5.41 Å². The molecule has 20 heavy (non-hydrogen) atoms. The standard InChI is InChI=1S/C16H25N3O/c1-5-6-15(20)19-9-12(10-19)7-13-8-14(16(2,3)4)18-11-17-13/h8,11-12H,5-7,9-10H2,1-4H3. The minimum atomic E-state index is 0.0560. The van der Waals surface area contributed by atoms with Crippen molar-refractivity contribution in [3.05, 3.63) is 23.8 Å². The molecule has 1 aromatic heterocycles. The molecule has 1 amide bonds. The molecule has 0 aliphatic carbocycles. The third-order valence-corrected chi connectivity index (χ3v) is 3.76. The monoisotopic (exact) mass is 275 g/mol. The molecule has 2 heterocycles. The molecule has 4 nitrogen and oxygen atoms in total. The van der Waals surface area contributed by atoms with Gasteiger partial charge < -0.3 is 4.90 Å². The summed E-state index contributed by atoms with van der Waals surface area (Å²) in [6.45, 7) is 10.3. The van der Waals surface area contributed by atoms with Crippen LogP contribution in [0.3, 0.4) is 0 Å². The highest BCUT2D eigenvalue weighted by molar-refractivity contribution is 5.76. The van der Waals surface area contributed by atoms with Crippen molar-refractivity contribution in [1.29, 1.82) is 0 Å². The Bertz CT molecular complexity index is 473. The van der Waals surface area contributed by atoms with Gasteiger partial charge in [-0.25, -0.2) is 9.97 Å². The second-order valence-corrected chi connectivity index (χ2v) is 6.76. The first-order valence-corrected chi connectivity index (χ1v) is 7.49. The van der Waals surface area contributed by atoms with E-state index in [1.165, 1.54) is 0 Å². The molecular weight excluding hydrogens is 250 g/mol. The number of likely N-dealkylation sites (tertiary alicyclic amines) is 1. The smallest absolute Gasteiger partial charge is 0.222 e. The second kappa shape index (κ2) is 5.90. The maximum atomic E-state index is 11.7. The van der Waals surface area contributed by atoms with Gasteiger partial charge in [0.2, 0.25) is 5.91 Å². The Morgan fingerprint density at radius 2 is 2.05 bits per heavy atom. The number of rotatable bonds is 4. The molecule has 4 heteroatoms. The maximum Gasteiger partial charge on any atom is 0.222 e. The first-order valence-electron chi connectivity index (χ1n) is 7.49. The number of carbonyl (C=O) groups is 1. The Hall–Kier alpha value is -1.45. The SMILES string of the molecule is CCCC(=O)N1CC(Cc2cc(C(C)(C)C)ncn2)C1. The molecule has 0 unspecified atom stereocenters. The van der Waals surface area contributed by atoms with E-state index in [1.807, 2.05) is 11.8 Å². The van der Waals surface area contributed by atoms with Crippen LogP contribution in [0.1, 0.15) is 51.9 Å². The number of carbonyl (C=O) groups excluding carboxylic acids is 1. The van der Waals surface area contributed by atoms with Crippen LogP contribution in [0.4, 0.5) is 0 Å². The van der Waals surface area contributed by atoms with Crippen molar-refractivity contribution in [3.8, 4) is 0 Å². The Balaban J connectivity index is 1.89. The zero-order valence-electron chi connectivity index (χ0n) is 13.0. The molecule has 2 rings (SSSR count). The Kier molecular flexibility index (Phi) is 4.41. The summed E-state index contributed by atoms with van der Waals surface area (Å²) in [4.78, 5) is 22.4. The Labute approximate surface area is 121 Å². The van der Waals surface area contributed by atoms with Gasteiger partial charge in [-0.15, -0.1) is 0 Å². The van der Waals surface area contributed by atoms with Crippen LogP contribution in [0.25, 0.3) is 0 Å². The van der Waals surface area contributed by atoms with Crippen LogP contribution in [0.2, 0.25) is 0 Å². The molecule has 1 aliphatic rings. The van der Waals surface area contributed by atoms with Crippen LogP contribution in [0, 0.1) is 5.92 Å². The molecule has 110 valence electrons. The van der Waals surface area contributed by atoms with Crippen molar-refractivity contribution in [2.45, 2.75) is 52.4 Å².